The fourth-order valence-corrected chi connectivity index (χ4v) is 2.91. The summed E-state index contributed by atoms with van der Waals surface area (Å²) in [5.74, 6) is 0.168. The molecular weight excluding hydrogens is 286 g/mol. The molecule has 1 aliphatic rings. The van der Waals surface area contributed by atoms with Crippen molar-refractivity contribution in [2.75, 3.05) is 20.3 Å². The largest absolute Gasteiger partial charge is 0.478 e. The number of carbonyl (C=O) groups excluding carboxylic acids is 1. The predicted octanol–water partition coefficient (Wildman–Crippen LogP) is 2.31. The van der Waals surface area contributed by atoms with Crippen LogP contribution in [-0.2, 0) is 16.1 Å². The molecule has 0 bridgehead atoms. The first-order valence-corrected chi connectivity index (χ1v) is 7.55. The molecule has 0 spiro atoms. The lowest BCUT2D eigenvalue weighted by Gasteiger charge is -2.29. The molecule has 1 fully saturated rings. The minimum atomic E-state index is -1.02. The van der Waals surface area contributed by atoms with Crippen molar-refractivity contribution in [1.29, 1.82) is 0 Å². The Morgan fingerprint density at radius 1 is 1.41 bits per heavy atom. The Balaban J connectivity index is 1.98. The number of carboxylic acids is 1. The van der Waals surface area contributed by atoms with E-state index in [2.05, 4.69) is 0 Å². The van der Waals surface area contributed by atoms with E-state index < -0.39 is 5.97 Å². The first-order valence-electron chi connectivity index (χ1n) is 7.55. The Hall–Kier alpha value is -1.82. The molecule has 122 valence electrons. The lowest BCUT2D eigenvalue weighted by molar-refractivity contribution is -0.137. The molecule has 1 unspecified atom stereocenters. The average Bonchev–Trinajstić information content (AvgIpc) is 2.87. The Morgan fingerprint density at radius 2 is 2.05 bits per heavy atom. The first kappa shape index (κ1) is 16.5. The van der Waals surface area contributed by atoms with Crippen LogP contribution in [0.1, 0.15) is 41.6 Å². The van der Waals surface area contributed by atoms with Gasteiger partial charge in [-0.1, -0.05) is 6.92 Å². The van der Waals surface area contributed by atoms with E-state index in [1.54, 1.807) is 18.9 Å². The third-order valence-corrected chi connectivity index (χ3v) is 4.33. The normalized spacial score (nSPS) is 17.2. The van der Waals surface area contributed by atoms with E-state index in [1.807, 2.05) is 6.92 Å². The minimum Gasteiger partial charge on any atom is -0.478 e. The number of aryl methyl sites for hydroxylation is 1. The highest BCUT2D eigenvalue weighted by Crippen LogP contribution is 2.25. The predicted molar refractivity (Wildman–Crippen MR) is 79.6 cm³/mol. The topological polar surface area (TPSA) is 80.0 Å². The summed E-state index contributed by atoms with van der Waals surface area (Å²) in [6.45, 7) is 5.27. The van der Waals surface area contributed by atoms with Gasteiger partial charge >= 0.3 is 5.97 Å². The second kappa shape index (κ2) is 6.96. The van der Waals surface area contributed by atoms with Crippen LogP contribution in [0.3, 0.4) is 0 Å². The molecule has 1 saturated heterocycles. The molecule has 0 aliphatic carbocycles. The number of carboxylic acid groups (broad SMARTS) is 1. The molecule has 6 nitrogen and oxygen atoms in total. The molecule has 2 heterocycles. The van der Waals surface area contributed by atoms with E-state index in [-0.39, 0.29) is 23.9 Å². The van der Waals surface area contributed by atoms with Gasteiger partial charge in [-0.3, -0.25) is 4.79 Å². The number of nitrogens with zero attached hydrogens (tertiary/aromatic N) is 1. The third-order valence-electron chi connectivity index (χ3n) is 4.33. The molecule has 1 amide bonds. The van der Waals surface area contributed by atoms with Crippen molar-refractivity contribution in [3.05, 3.63) is 23.2 Å². The summed E-state index contributed by atoms with van der Waals surface area (Å²) < 4.78 is 10.8. The standard InChI is InChI=1S/C16H23NO5/c1-10(12-4-6-21-7-5-12)15(18)17(3)9-13-8-14(16(19)20)11(2)22-13/h8,10,12H,4-7,9H2,1-3H3,(H,19,20). The van der Waals surface area contributed by atoms with Crippen molar-refractivity contribution in [2.45, 2.75) is 33.2 Å². The van der Waals surface area contributed by atoms with Crippen LogP contribution < -0.4 is 0 Å². The van der Waals surface area contributed by atoms with Gasteiger partial charge in [0.1, 0.15) is 17.1 Å². The van der Waals surface area contributed by atoms with Crippen LogP contribution in [0.5, 0.6) is 0 Å². The second-order valence-corrected chi connectivity index (χ2v) is 5.92. The molecule has 1 atom stereocenters. The number of carbonyl (C=O) groups is 2. The molecule has 6 heteroatoms. The fraction of sp³-hybridized carbons (Fsp3) is 0.625. The van der Waals surface area contributed by atoms with Crippen molar-refractivity contribution in [3.8, 4) is 0 Å². The summed E-state index contributed by atoms with van der Waals surface area (Å²) in [6, 6.07) is 1.49. The Kier molecular flexibility index (Phi) is 5.24. The number of hydrogen-bond acceptors (Lipinski definition) is 4. The summed E-state index contributed by atoms with van der Waals surface area (Å²) in [6.07, 6.45) is 1.81. The van der Waals surface area contributed by atoms with Crippen molar-refractivity contribution in [1.82, 2.24) is 4.90 Å². The van der Waals surface area contributed by atoms with Crippen molar-refractivity contribution in [2.24, 2.45) is 11.8 Å². The first-order chi connectivity index (χ1) is 10.4. The summed E-state index contributed by atoms with van der Waals surface area (Å²) in [5, 5.41) is 9.03. The number of furan rings is 1. The van der Waals surface area contributed by atoms with Crippen LogP contribution in [0.4, 0.5) is 0 Å². The smallest absolute Gasteiger partial charge is 0.339 e. The fourth-order valence-electron chi connectivity index (χ4n) is 2.91. The Morgan fingerprint density at radius 3 is 2.59 bits per heavy atom. The highest BCUT2D eigenvalue weighted by Gasteiger charge is 2.28. The molecule has 0 saturated carbocycles. The third kappa shape index (κ3) is 3.68. The molecule has 1 N–H and O–H groups in total. The summed E-state index contributed by atoms with van der Waals surface area (Å²) >= 11 is 0. The summed E-state index contributed by atoms with van der Waals surface area (Å²) in [7, 11) is 1.72. The van der Waals surface area contributed by atoms with E-state index in [0.29, 0.717) is 30.7 Å². The van der Waals surface area contributed by atoms with Gasteiger partial charge in [0.2, 0.25) is 5.91 Å². The van der Waals surface area contributed by atoms with Crippen LogP contribution in [0.2, 0.25) is 0 Å². The van der Waals surface area contributed by atoms with Crippen LogP contribution in [-0.4, -0.2) is 42.1 Å². The quantitative estimate of drug-likeness (QED) is 0.902. The zero-order valence-electron chi connectivity index (χ0n) is 13.3. The van der Waals surface area contributed by atoms with E-state index in [4.69, 9.17) is 14.3 Å². The van der Waals surface area contributed by atoms with Gasteiger partial charge in [0.25, 0.3) is 0 Å². The lowest BCUT2D eigenvalue weighted by Crippen LogP contribution is -2.36. The van der Waals surface area contributed by atoms with E-state index in [9.17, 15) is 9.59 Å². The van der Waals surface area contributed by atoms with E-state index in [1.165, 1.54) is 6.07 Å². The maximum absolute atomic E-state index is 12.5. The molecular formula is C16H23NO5. The van der Waals surface area contributed by atoms with Gasteiger partial charge < -0.3 is 19.2 Å². The van der Waals surface area contributed by atoms with Crippen molar-refractivity contribution < 1.29 is 23.8 Å². The number of amides is 1. The van der Waals surface area contributed by atoms with E-state index >= 15 is 0 Å². The minimum absolute atomic E-state index is 0.0535. The molecule has 2 rings (SSSR count). The van der Waals surface area contributed by atoms with Gasteiger partial charge in [0, 0.05) is 26.2 Å². The molecule has 1 aromatic rings. The maximum Gasteiger partial charge on any atom is 0.339 e. The second-order valence-electron chi connectivity index (χ2n) is 5.92. The molecule has 0 radical (unpaired) electrons. The van der Waals surface area contributed by atoms with Gasteiger partial charge in [0.05, 0.1) is 6.54 Å². The van der Waals surface area contributed by atoms with Crippen molar-refractivity contribution in [3.63, 3.8) is 0 Å². The molecule has 22 heavy (non-hydrogen) atoms. The monoisotopic (exact) mass is 309 g/mol. The van der Waals surface area contributed by atoms with Crippen LogP contribution in [0.25, 0.3) is 0 Å². The Labute approximate surface area is 130 Å². The Bertz CT molecular complexity index is 545. The number of aromatic carboxylic acids is 1. The maximum atomic E-state index is 12.5. The molecule has 1 aromatic heterocycles. The zero-order chi connectivity index (χ0) is 16.3. The highest BCUT2D eigenvalue weighted by molar-refractivity contribution is 5.88. The number of rotatable bonds is 5. The van der Waals surface area contributed by atoms with Crippen LogP contribution >= 0.6 is 0 Å². The summed E-state index contributed by atoms with van der Waals surface area (Å²) in [5.41, 5.74) is 0.147. The molecule has 1 aliphatic heterocycles. The number of hydrogen-bond donors (Lipinski definition) is 1. The van der Waals surface area contributed by atoms with Gasteiger partial charge in [-0.15, -0.1) is 0 Å². The van der Waals surface area contributed by atoms with Crippen molar-refractivity contribution >= 4 is 11.9 Å². The lowest BCUT2D eigenvalue weighted by atomic mass is 9.86. The van der Waals surface area contributed by atoms with Gasteiger partial charge in [0.15, 0.2) is 0 Å². The van der Waals surface area contributed by atoms with Gasteiger partial charge in [-0.2, -0.15) is 0 Å². The van der Waals surface area contributed by atoms with Crippen LogP contribution in [0, 0.1) is 18.8 Å². The molecule has 0 aromatic carbocycles. The summed E-state index contributed by atoms with van der Waals surface area (Å²) in [4.78, 5) is 25.1. The SMILES string of the molecule is Cc1oc(CN(C)C(=O)C(C)C2CCOCC2)cc1C(=O)O. The van der Waals surface area contributed by atoms with Gasteiger partial charge in [-0.05, 0) is 31.7 Å². The highest BCUT2D eigenvalue weighted by atomic mass is 16.5. The number of ether oxygens (including phenoxy) is 1. The van der Waals surface area contributed by atoms with Crippen LogP contribution in [0.15, 0.2) is 10.5 Å². The van der Waals surface area contributed by atoms with Gasteiger partial charge in [-0.25, -0.2) is 4.79 Å². The van der Waals surface area contributed by atoms with E-state index in [0.717, 1.165) is 12.8 Å². The average molecular weight is 309 g/mol. The zero-order valence-corrected chi connectivity index (χ0v) is 13.3.